The molecular weight excluding hydrogens is 338 g/mol. The minimum Gasteiger partial charge on any atom is -0.398 e. The molecule has 0 aliphatic heterocycles. The van der Waals surface area contributed by atoms with Crippen molar-refractivity contribution < 1.29 is 26.3 Å². The van der Waals surface area contributed by atoms with Crippen LogP contribution in [0.1, 0.15) is 17.2 Å². The molecule has 0 aliphatic carbocycles. The van der Waals surface area contributed by atoms with Gasteiger partial charge in [-0.3, -0.25) is 0 Å². The molecule has 0 radical (unpaired) electrons. The van der Waals surface area contributed by atoms with Gasteiger partial charge in [-0.2, -0.15) is 31.3 Å². The number of hydrogen-bond donors (Lipinski definition) is 1. The van der Waals surface area contributed by atoms with E-state index in [1.54, 1.807) is 0 Å². The van der Waals surface area contributed by atoms with Gasteiger partial charge in [0.2, 0.25) is 5.82 Å². The predicted octanol–water partition coefficient (Wildman–Crippen LogP) is 3.60. The third kappa shape index (κ3) is 3.43. The fourth-order valence-electron chi connectivity index (χ4n) is 1.65. The number of nitrogen functional groups attached to an aromatic ring is 1. The molecule has 0 atom stereocenters. The molecule has 11 heteroatoms. The third-order valence-electron chi connectivity index (χ3n) is 2.61. The normalized spacial score (nSPS) is 12.7. The van der Waals surface area contributed by atoms with Crippen molar-refractivity contribution in [3.8, 4) is 0 Å². The Hall–Kier alpha value is -1.97. The number of anilines is 1. The lowest BCUT2D eigenvalue weighted by Gasteiger charge is -2.10. The highest BCUT2D eigenvalue weighted by Gasteiger charge is 2.44. The Morgan fingerprint density at radius 2 is 1.73 bits per heavy atom. The van der Waals surface area contributed by atoms with Crippen molar-refractivity contribution in [1.29, 1.82) is 0 Å². The second-order valence-corrected chi connectivity index (χ2v) is 4.69. The maximum atomic E-state index is 12.8. The molecule has 2 N–H and O–H groups in total. The second-order valence-electron chi connectivity index (χ2n) is 4.26. The maximum Gasteiger partial charge on any atom is 0.453 e. The molecule has 0 fully saturated rings. The molecule has 120 valence electrons. The van der Waals surface area contributed by atoms with Gasteiger partial charge in [-0.15, -0.1) is 5.10 Å². The summed E-state index contributed by atoms with van der Waals surface area (Å²) in [5.74, 6) is -3.62. The van der Waals surface area contributed by atoms with E-state index in [1.165, 1.54) is 18.2 Å². The number of nitrogens with two attached hydrogens (primary N) is 1. The highest BCUT2D eigenvalue weighted by Crippen LogP contribution is 2.33. The number of rotatable bonds is 2. The Balaban J connectivity index is 2.47. The number of nitrogens with zero attached hydrogens (tertiary/aromatic N) is 3. The van der Waals surface area contributed by atoms with Crippen molar-refractivity contribution in [1.82, 2.24) is 14.8 Å². The SMILES string of the molecule is Nc1cc(Cl)ccc1Cn1nc(C(F)(F)F)nc1C(F)(F)F. The summed E-state index contributed by atoms with van der Waals surface area (Å²) in [5.41, 5.74) is 5.74. The summed E-state index contributed by atoms with van der Waals surface area (Å²) in [6.07, 6.45) is -10.2. The minimum atomic E-state index is -5.09. The van der Waals surface area contributed by atoms with Gasteiger partial charge in [-0.05, 0) is 17.7 Å². The zero-order valence-electron chi connectivity index (χ0n) is 10.5. The molecule has 2 aromatic rings. The first-order valence-electron chi connectivity index (χ1n) is 5.61. The average Bonchev–Trinajstić information content (AvgIpc) is 2.76. The quantitative estimate of drug-likeness (QED) is 0.669. The van der Waals surface area contributed by atoms with Gasteiger partial charge in [-0.25, -0.2) is 4.68 Å². The van der Waals surface area contributed by atoms with Gasteiger partial charge in [-0.1, -0.05) is 17.7 Å². The van der Waals surface area contributed by atoms with Gasteiger partial charge in [0.25, 0.3) is 5.82 Å². The van der Waals surface area contributed by atoms with Crippen LogP contribution in [-0.2, 0) is 18.9 Å². The molecule has 1 aromatic carbocycles. The van der Waals surface area contributed by atoms with Crippen molar-refractivity contribution in [2.45, 2.75) is 18.9 Å². The van der Waals surface area contributed by atoms with Crippen LogP contribution in [0.2, 0.25) is 5.02 Å². The van der Waals surface area contributed by atoms with Crippen LogP contribution < -0.4 is 5.73 Å². The average molecular weight is 345 g/mol. The Labute approximate surface area is 124 Å². The smallest absolute Gasteiger partial charge is 0.398 e. The molecule has 4 nitrogen and oxygen atoms in total. The van der Waals surface area contributed by atoms with Gasteiger partial charge in [0.1, 0.15) is 0 Å². The molecule has 0 aliphatic rings. The number of hydrogen-bond acceptors (Lipinski definition) is 3. The van der Waals surface area contributed by atoms with E-state index in [0.29, 0.717) is 0 Å². The summed E-state index contributed by atoms with van der Waals surface area (Å²) >= 11 is 5.64. The standard InChI is InChI=1S/C11H7ClF6N4/c12-6-2-1-5(7(19)3-6)4-22-9(11(16,17)18)20-8(21-22)10(13,14)15/h1-3H,4,19H2. The first-order valence-corrected chi connectivity index (χ1v) is 5.99. The Kier molecular flexibility index (Phi) is 3.98. The molecule has 0 amide bonds. The molecule has 1 heterocycles. The summed E-state index contributed by atoms with van der Waals surface area (Å²) in [7, 11) is 0. The number of benzene rings is 1. The molecule has 0 saturated carbocycles. The molecule has 0 saturated heterocycles. The van der Waals surface area contributed by atoms with Gasteiger partial charge >= 0.3 is 12.4 Å². The van der Waals surface area contributed by atoms with Gasteiger partial charge in [0, 0.05) is 10.7 Å². The van der Waals surface area contributed by atoms with E-state index in [9.17, 15) is 26.3 Å². The zero-order valence-corrected chi connectivity index (χ0v) is 11.3. The van der Waals surface area contributed by atoms with Gasteiger partial charge < -0.3 is 5.73 Å². The van der Waals surface area contributed by atoms with Crippen LogP contribution in [0.15, 0.2) is 18.2 Å². The summed E-state index contributed by atoms with van der Waals surface area (Å²) in [6.45, 7) is -0.624. The van der Waals surface area contributed by atoms with Crippen LogP contribution in [0.4, 0.5) is 32.0 Å². The molecule has 1 aromatic heterocycles. The molecule has 22 heavy (non-hydrogen) atoms. The minimum absolute atomic E-state index is 0.0321. The Bertz CT molecular complexity index is 691. The maximum absolute atomic E-state index is 12.8. The van der Waals surface area contributed by atoms with E-state index in [2.05, 4.69) is 10.1 Å². The van der Waals surface area contributed by atoms with Crippen LogP contribution in [0.5, 0.6) is 0 Å². The molecule has 0 unspecified atom stereocenters. The van der Waals surface area contributed by atoms with E-state index >= 15 is 0 Å². The Morgan fingerprint density at radius 3 is 2.23 bits per heavy atom. The zero-order chi connectivity index (χ0) is 16.7. The first kappa shape index (κ1) is 16.4. The van der Waals surface area contributed by atoms with E-state index < -0.39 is 30.5 Å². The lowest BCUT2D eigenvalue weighted by molar-refractivity contribution is -0.150. The van der Waals surface area contributed by atoms with Gasteiger partial charge in [0.15, 0.2) is 0 Å². The van der Waals surface area contributed by atoms with Crippen LogP contribution in [-0.4, -0.2) is 14.8 Å². The van der Waals surface area contributed by atoms with Crippen molar-refractivity contribution in [2.75, 3.05) is 5.73 Å². The van der Waals surface area contributed by atoms with Crippen LogP contribution in [0.25, 0.3) is 0 Å². The fourth-order valence-corrected chi connectivity index (χ4v) is 1.83. The molecule has 2 rings (SSSR count). The highest BCUT2D eigenvalue weighted by atomic mass is 35.5. The van der Waals surface area contributed by atoms with Gasteiger partial charge in [0.05, 0.1) is 6.54 Å². The first-order chi connectivity index (χ1) is 9.98. The third-order valence-corrected chi connectivity index (χ3v) is 2.84. The number of alkyl halides is 6. The fraction of sp³-hybridized carbons (Fsp3) is 0.273. The van der Waals surface area contributed by atoms with Crippen molar-refractivity contribution in [3.05, 3.63) is 40.4 Å². The monoisotopic (exact) mass is 344 g/mol. The summed E-state index contributed by atoms with van der Waals surface area (Å²) in [6, 6.07) is 3.92. The van der Waals surface area contributed by atoms with Crippen molar-refractivity contribution >= 4 is 17.3 Å². The summed E-state index contributed by atoms with van der Waals surface area (Å²) in [5, 5.41) is 3.12. The number of aromatic nitrogens is 3. The largest absolute Gasteiger partial charge is 0.453 e. The molecular formula is C11H7ClF6N4. The van der Waals surface area contributed by atoms with E-state index in [0.717, 1.165) is 0 Å². The topological polar surface area (TPSA) is 56.7 Å². The molecule has 0 spiro atoms. The van der Waals surface area contributed by atoms with Crippen LogP contribution in [0, 0.1) is 0 Å². The van der Waals surface area contributed by atoms with Crippen molar-refractivity contribution in [3.63, 3.8) is 0 Å². The predicted molar refractivity (Wildman–Crippen MR) is 65.0 cm³/mol. The lowest BCUT2D eigenvalue weighted by atomic mass is 10.2. The van der Waals surface area contributed by atoms with E-state index in [1.807, 2.05) is 0 Å². The Morgan fingerprint density at radius 1 is 1.09 bits per heavy atom. The van der Waals surface area contributed by atoms with Crippen LogP contribution in [0.3, 0.4) is 0 Å². The van der Waals surface area contributed by atoms with Crippen molar-refractivity contribution in [2.24, 2.45) is 0 Å². The summed E-state index contributed by atoms with van der Waals surface area (Å²) in [4.78, 5) is 2.53. The highest BCUT2D eigenvalue weighted by molar-refractivity contribution is 6.30. The second kappa shape index (κ2) is 5.34. The lowest BCUT2D eigenvalue weighted by Crippen LogP contribution is -2.17. The van der Waals surface area contributed by atoms with E-state index in [-0.39, 0.29) is 21.0 Å². The van der Waals surface area contributed by atoms with Crippen LogP contribution >= 0.6 is 11.6 Å². The summed E-state index contributed by atoms with van der Waals surface area (Å²) < 4.78 is 75.9. The van der Waals surface area contributed by atoms with E-state index in [4.69, 9.17) is 17.3 Å². The number of halogens is 7. The molecule has 0 bridgehead atoms.